The Bertz CT molecular complexity index is 1340. The predicted octanol–water partition coefficient (Wildman–Crippen LogP) is 5.14. The summed E-state index contributed by atoms with van der Waals surface area (Å²) in [6, 6.07) is 11.9. The summed E-state index contributed by atoms with van der Waals surface area (Å²) in [4.78, 5) is 24.9. The molecule has 0 aliphatic carbocycles. The maximum Gasteiger partial charge on any atom is 0.325 e. The Balaban J connectivity index is 1.29. The van der Waals surface area contributed by atoms with Gasteiger partial charge >= 0.3 is 6.03 Å². The number of hydrogen-bond acceptors (Lipinski definition) is 6. The Hall–Kier alpha value is -3.52. The minimum atomic E-state index is -0.308. The fourth-order valence-electron chi connectivity index (χ4n) is 6.52. The number of likely N-dealkylation sites (N-methyl/N-ethyl adjacent to an activating group) is 1. The number of fused-ring (bicyclic) bond motifs is 4. The second kappa shape index (κ2) is 9.10. The molecule has 8 heteroatoms. The van der Waals surface area contributed by atoms with Crippen molar-refractivity contribution < 1.29 is 18.7 Å². The number of ether oxygens (including phenoxy) is 2. The van der Waals surface area contributed by atoms with E-state index in [1.54, 1.807) is 14.2 Å². The zero-order valence-electron chi connectivity index (χ0n) is 22.0. The molecule has 3 aromatic rings. The summed E-state index contributed by atoms with van der Waals surface area (Å²) in [5.41, 5.74) is 4.74. The summed E-state index contributed by atoms with van der Waals surface area (Å²) in [5.74, 6) is 2.40. The first kappa shape index (κ1) is 23.9. The van der Waals surface area contributed by atoms with Crippen LogP contribution in [0.5, 0.6) is 11.5 Å². The van der Waals surface area contributed by atoms with Gasteiger partial charge in [-0.25, -0.2) is 9.78 Å². The maximum absolute atomic E-state index is 13.8. The van der Waals surface area contributed by atoms with Crippen molar-refractivity contribution in [2.75, 3.05) is 33.9 Å². The normalized spacial score (nSPS) is 21.1. The smallest absolute Gasteiger partial charge is 0.325 e. The highest BCUT2D eigenvalue weighted by Gasteiger charge is 2.54. The van der Waals surface area contributed by atoms with Crippen LogP contribution in [0.3, 0.4) is 0 Å². The molecular weight excluding hydrogens is 468 g/mol. The quantitative estimate of drug-likeness (QED) is 0.481. The van der Waals surface area contributed by atoms with E-state index in [2.05, 4.69) is 34.7 Å². The lowest BCUT2D eigenvalue weighted by molar-refractivity contribution is 0.0846. The number of carbonyl (C=O) groups is 1. The number of oxazole rings is 1. The summed E-state index contributed by atoms with van der Waals surface area (Å²) in [6.07, 6.45) is 4.04. The van der Waals surface area contributed by atoms with E-state index in [0.717, 1.165) is 71.2 Å². The van der Waals surface area contributed by atoms with Crippen molar-refractivity contribution in [3.05, 3.63) is 65.2 Å². The fourth-order valence-corrected chi connectivity index (χ4v) is 6.52. The first-order valence-corrected chi connectivity index (χ1v) is 13.1. The zero-order valence-corrected chi connectivity index (χ0v) is 22.0. The summed E-state index contributed by atoms with van der Waals surface area (Å²) in [7, 11) is 3.35. The molecule has 1 spiro atoms. The third-order valence-corrected chi connectivity index (χ3v) is 8.29. The van der Waals surface area contributed by atoms with Gasteiger partial charge in [-0.05, 0) is 43.5 Å². The van der Waals surface area contributed by atoms with E-state index < -0.39 is 0 Å². The highest BCUT2D eigenvalue weighted by atomic mass is 16.5. The van der Waals surface area contributed by atoms with Crippen LogP contribution in [0.2, 0.25) is 0 Å². The number of carbonyl (C=O) groups excluding carboxylic acids is 1. The number of allylic oxidation sites excluding steroid dienone is 1. The molecule has 2 saturated heterocycles. The number of urea groups is 1. The first-order chi connectivity index (χ1) is 18.0. The van der Waals surface area contributed by atoms with Crippen LogP contribution in [0, 0.1) is 0 Å². The summed E-state index contributed by atoms with van der Waals surface area (Å²) < 4.78 is 17.3. The van der Waals surface area contributed by atoms with Crippen molar-refractivity contribution in [3.63, 3.8) is 0 Å². The first-order valence-electron chi connectivity index (χ1n) is 13.1. The molecule has 0 N–H and O–H groups in total. The van der Waals surface area contributed by atoms with Crippen LogP contribution in [0.25, 0.3) is 11.1 Å². The molecule has 4 heterocycles. The number of para-hydroxylation sites is 2. The average Bonchev–Trinajstić information content (AvgIpc) is 3.35. The Labute approximate surface area is 217 Å². The van der Waals surface area contributed by atoms with E-state index in [1.165, 1.54) is 0 Å². The minimum Gasteiger partial charge on any atom is -0.497 e. The van der Waals surface area contributed by atoms with E-state index in [-0.39, 0.29) is 17.5 Å². The van der Waals surface area contributed by atoms with Crippen molar-refractivity contribution in [1.29, 1.82) is 0 Å². The van der Waals surface area contributed by atoms with Gasteiger partial charge in [0, 0.05) is 42.9 Å². The molecule has 2 amide bonds. The van der Waals surface area contributed by atoms with Crippen molar-refractivity contribution >= 4 is 17.1 Å². The van der Waals surface area contributed by atoms with Gasteiger partial charge in [0.1, 0.15) is 17.0 Å². The minimum absolute atomic E-state index is 0.0861. The molecule has 3 aliphatic heterocycles. The van der Waals surface area contributed by atoms with E-state index in [0.29, 0.717) is 19.6 Å². The lowest BCUT2D eigenvalue weighted by Gasteiger charge is -2.44. The van der Waals surface area contributed by atoms with Gasteiger partial charge in [0.2, 0.25) is 5.89 Å². The molecule has 37 heavy (non-hydrogen) atoms. The standard InChI is InChI=1S/C29H34N4O4/c1-5-33-28(34)32-17-20-15-21(35-3)16-24(36-4)27(20)19(2)14-25(32)29(33)10-12-31(13-11-29)18-26-30-22-8-6-7-9-23(22)37-26/h6-9,14-16,19H,5,10-13,17-18H2,1-4H3/t19-/m0/s1. The van der Waals surface area contributed by atoms with Crippen molar-refractivity contribution in [2.24, 2.45) is 0 Å². The van der Waals surface area contributed by atoms with E-state index in [4.69, 9.17) is 13.9 Å². The van der Waals surface area contributed by atoms with Gasteiger partial charge in [-0.2, -0.15) is 0 Å². The van der Waals surface area contributed by atoms with Crippen LogP contribution in [0.4, 0.5) is 4.79 Å². The van der Waals surface area contributed by atoms with Gasteiger partial charge in [-0.15, -0.1) is 0 Å². The lowest BCUT2D eigenvalue weighted by Crippen LogP contribution is -2.53. The van der Waals surface area contributed by atoms with Crippen LogP contribution in [-0.2, 0) is 13.1 Å². The van der Waals surface area contributed by atoms with Crippen molar-refractivity contribution in [3.8, 4) is 11.5 Å². The largest absolute Gasteiger partial charge is 0.497 e. The zero-order chi connectivity index (χ0) is 25.7. The highest BCUT2D eigenvalue weighted by molar-refractivity contribution is 5.83. The third-order valence-electron chi connectivity index (χ3n) is 8.29. The predicted molar refractivity (Wildman–Crippen MR) is 141 cm³/mol. The number of piperidine rings is 1. The summed E-state index contributed by atoms with van der Waals surface area (Å²) >= 11 is 0. The second-order valence-electron chi connectivity index (χ2n) is 10.2. The van der Waals surface area contributed by atoms with Crippen LogP contribution in [-0.4, -0.2) is 65.1 Å². The maximum atomic E-state index is 13.8. The number of hydrogen-bond donors (Lipinski definition) is 0. The van der Waals surface area contributed by atoms with Crippen molar-refractivity contribution in [1.82, 2.24) is 19.7 Å². The molecule has 6 rings (SSSR count). The van der Waals surface area contributed by atoms with Crippen LogP contribution in [0.1, 0.15) is 49.6 Å². The molecule has 2 aromatic carbocycles. The van der Waals surface area contributed by atoms with Gasteiger partial charge in [0.05, 0.1) is 32.8 Å². The van der Waals surface area contributed by atoms with Gasteiger partial charge < -0.3 is 18.8 Å². The Morgan fingerprint density at radius 2 is 1.92 bits per heavy atom. The number of likely N-dealkylation sites (tertiary alicyclic amines) is 1. The summed E-state index contributed by atoms with van der Waals surface area (Å²) in [5, 5.41) is 0. The molecule has 1 aromatic heterocycles. The molecule has 0 unspecified atom stereocenters. The monoisotopic (exact) mass is 502 g/mol. The molecule has 194 valence electrons. The number of aromatic nitrogens is 1. The summed E-state index contributed by atoms with van der Waals surface area (Å²) in [6.45, 7) is 7.88. The number of methoxy groups -OCH3 is 2. The number of rotatable bonds is 5. The van der Waals surface area contributed by atoms with Gasteiger partial charge in [-0.3, -0.25) is 9.80 Å². The lowest BCUT2D eigenvalue weighted by atomic mass is 9.82. The molecule has 0 bridgehead atoms. The molecule has 0 saturated carbocycles. The number of amides is 2. The van der Waals surface area contributed by atoms with E-state index in [1.807, 2.05) is 41.3 Å². The fraction of sp³-hybridized carbons (Fsp3) is 0.448. The van der Waals surface area contributed by atoms with Gasteiger partial charge in [-0.1, -0.05) is 25.1 Å². The van der Waals surface area contributed by atoms with Crippen LogP contribution < -0.4 is 9.47 Å². The topological polar surface area (TPSA) is 71.3 Å². The van der Waals surface area contributed by atoms with Crippen LogP contribution in [0.15, 0.2) is 52.6 Å². The molecule has 2 fully saturated rings. The SMILES string of the molecule is CCN1C(=O)N2Cc3cc(OC)cc(OC)c3[C@@H](C)C=C2C12CCN(Cc1nc3ccccc3o1)CC2. The van der Waals surface area contributed by atoms with E-state index in [9.17, 15) is 4.79 Å². The number of benzene rings is 2. The van der Waals surface area contributed by atoms with Crippen molar-refractivity contribution in [2.45, 2.75) is 51.2 Å². The van der Waals surface area contributed by atoms with Crippen LogP contribution >= 0.6 is 0 Å². The third kappa shape index (κ3) is 3.77. The Morgan fingerprint density at radius 1 is 1.14 bits per heavy atom. The van der Waals surface area contributed by atoms with Gasteiger partial charge in [0.15, 0.2) is 5.58 Å². The highest BCUT2D eigenvalue weighted by Crippen LogP contribution is 2.49. The molecule has 0 radical (unpaired) electrons. The second-order valence-corrected chi connectivity index (χ2v) is 10.2. The number of nitrogens with zero attached hydrogens (tertiary/aromatic N) is 4. The molecule has 3 aliphatic rings. The average molecular weight is 503 g/mol. The molecular formula is C29H34N4O4. The molecule has 8 nitrogen and oxygen atoms in total. The van der Waals surface area contributed by atoms with Gasteiger partial charge in [0.25, 0.3) is 0 Å². The molecule has 1 atom stereocenters. The van der Waals surface area contributed by atoms with E-state index >= 15 is 0 Å². The Morgan fingerprint density at radius 3 is 2.62 bits per heavy atom. The Kier molecular flexibility index (Phi) is 5.87.